The van der Waals surface area contributed by atoms with E-state index in [0.29, 0.717) is 5.56 Å². The molecule has 0 saturated carbocycles. The highest BCUT2D eigenvalue weighted by Crippen LogP contribution is 2.46. The number of ether oxygens (including phenoxy) is 4. The lowest BCUT2D eigenvalue weighted by atomic mass is 9.81. The number of nitriles is 1. The Bertz CT molecular complexity index is 1270. The first-order chi connectivity index (χ1) is 17.3. The summed E-state index contributed by atoms with van der Waals surface area (Å²) in [5.41, 5.74) is 6.77. The van der Waals surface area contributed by atoms with Crippen LogP contribution in [0, 0.1) is 11.3 Å². The molecule has 9 nitrogen and oxygen atoms in total. The van der Waals surface area contributed by atoms with Gasteiger partial charge < -0.3 is 24.7 Å². The molecule has 0 spiro atoms. The zero-order chi connectivity index (χ0) is 26.4. The van der Waals surface area contributed by atoms with Gasteiger partial charge in [-0.05, 0) is 11.6 Å². The molecule has 0 aliphatic carbocycles. The second-order valence-corrected chi connectivity index (χ2v) is 8.22. The van der Waals surface area contributed by atoms with Gasteiger partial charge in [0.2, 0.25) is 0 Å². The summed E-state index contributed by atoms with van der Waals surface area (Å²) >= 11 is 12.8. The van der Waals surface area contributed by atoms with E-state index in [9.17, 15) is 14.9 Å². The number of nitrogens with zero attached hydrogens (tertiary/aromatic N) is 2. The van der Waals surface area contributed by atoms with Crippen molar-refractivity contribution in [1.29, 1.82) is 5.26 Å². The highest BCUT2D eigenvalue weighted by Gasteiger charge is 2.43. The van der Waals surface area contributed by atoms with E-state index in [1.807, 2.05) is 0 Å². The predicted octanol–water partition coefficient (Wildman–Crippen LogP) is 3.92. The molecule has 2 aromatic carbocycles. The van der Waals surface area contributed by atoms with Crippen LogP contribution in [0.3, 0.4) is 0 Å². The molecule has 0 fully saturated rings. The molecule has 0 bridgehead atoms. The molecule has 2 aromatic rings. The number of halogens is 2. The van der Waals surface area contributed by atoms with Crippen LogP contribution in [0.5, 0.6) is 5.75 Å². The topological polar surface area (TPSA) is 124 Å². The molecule has 0 amide bonds. The standard InChI is InChI=1S/C25H23Cl2N3O6/c1-33-9-10-36-19-12-18(16(26)11-17(19)27)30-22(25(32)35-3)21(24(31)34-2)20(15(13-28)23(30)29)14-7-5-4-6-8-14/h4-8,11-12,20H,9-10,29H2,1-3H3. The van der Waals surface area contributed by atoms with Crippen molar-refractivity contribution in [2.45, 2.75) is 5.92 Å². The molecule has 0 aromatic heterocycles. The van der Waals surface area contributed by atoms with E-state index in [1.54, 1.807) is 30.3 Å². The van der Waals surface area contributed by atoms with Crippen LogP contribution in [0.15, 0.2) is 65.1 Å². The molecule has 2 N–H and O–H groups in total. The van der Waals surface area contributed by atoms with Crippen molar-refractivity contribution in [2.24, 2.45) is 5.73 Å². The zero-order valence-electron chi connectivity index (χ0n) is 19.7. The number of anilines is 1. The largest absolute Gasteiger partial charge is 0.490 e. The van der Waals surface area contributed by atoms with E-state index < -0.39 is 17.9 Å². The van der Waals surface area contributed by atoms with Crippen molar-refractivity contribution in [1.82, 2.24) is 0 Å². The van der Waals surface area contributed by atoms with Crippen molar-refractivity contribution in [3.63, 3.8) is 0 Å². The van der Waals surface area contributed by atoms with E-state index in [1.165, 1.54) is 31.3 Å². The number of hydrogen-bond acceptors (Lipinski definition) is 9. The summed E-state index contributed by atoms with van der Waals surface area (Å²) in [6.07, 6.45) is 0. The molecular formula is C25H23Cl2N3O6. The van der Waals surface area contributed by atoms with Crippen molar-refractivity contribution < 1.29 is 28.5 Å². The maximum atomic E-state index is 13.2. The summed E-state index contributed by atoms with van der Waals surface area (Å²) < 4.78 is 20.7. The minimum Gasteiger partial charge on any atom is -0.490 e. The summed E-state index contributed by atoms with van der Waals surface area (Å²) in [4.78, 5) is 27.5. The molecular weight excluding hydrogens is 509 g/mol. The lowest BCUT2D eigenvalue weighted by Gasteiger charge is -2.36. The SMILES string of the molecule is COCCOc1cc(N2C(N)=C(C#N)C(c3ccccc3)C(C(=O)OC)=C2C(=O)OC)c(Cl)cc1Cl. The lowest BCUT2D eigenvalue weighted by Crippen LogP contribution is -2.41. The first-order valence-corrected chi connectivity index (χ1v) is 11.3. The van der Waals surface area contributed by atoms with Gasteiger partial charge in [0.25, 0.3) is 0 Å². The van der Waals surface area contributed by atoms with Crippen molar-refractivity contribution in [2.75, 3.05) is 39.4 Å². The van der Waals surface area contributed by atoms with Gasteiger partial charge in [0.05, 0.1) is 59.7 Å². The summed E-state index contributed by atoms with van der Waals surface area (Å²) in [6.45, 7) is 0.465. The Kier molecular flexibility index (Phi) is 8.83. The van der Waals surface area contributed by atoms with E-state index >= 15 is 0 Å². The maximum absolute atomic E-state index is 13.2. The van der Waals surface area contributed by atoms with Crippen molar-refractivity contribution in [3.05, 3.63) is 80.7 Å². The minimum atomic E-state index is -1.00. The van der Waals surface area contributed by atoms with Crippen LogP contribution in [0.1, 0.15) is 11.5 Å². The Balaban J connectivity index is 2.36. The highest BCUT2D eigenvalue weighted by atomic mass is 35.5. The van der Waals surface area contributed by atoms with Gasteiger partial charge in [-0.25, -0.2) is 9.59 Å². The summed E-state index contributed by atoms with van der Waals surface area (Å²) in [5, 5.41) is 10.4. The normalized spacial score (nSPS) is 15.4. The Morgan fingerprint density at radius 1 is 1.03 bits per heavy atom. The van der Waals surface area contributed by atoms with Crippen LogP contribution in [0.25, 0.3) is 0 Å². The number of hydrogen-bond donors (Lipinski definition) is 1. The van der Waals surface area contributed by atoms with Crippen LogP contribution >= 0.6 is 23.2 Å². The van der Waals surface area contributed by atoms with Crippen LogP contribution < -0.4 is 15.4 Å². The Morgan fingerprint density at radius 2 is 1.69 bits per heavy atom. The second-order valence-electron chi connectivity index (χ2n) is 7.41. The highest BCUT2D eigenvalue weighted by molar-refractivity contribution is 6.37. The van der Waals surface area contributed by atoms with Crippen LogP contribution in [-0.2, 0) is 23.8 Å². The minimum absolute atomic E-state index is 0.00196. The number of rotatable bonds is 8. The van der Waals surface area contributed by atoms with Crippen molar-refractivity contribution in [3.8, 4) is 11.8 Å². The van der Waals surface area contributed by atoms with Gasteiger partial charge >= 0.3 is 11.9 Å². The number of nitrogens with two attached hydrogens (primary N) is 1. The fourth-order valence-electron chi connectivity index (χ4n) is 3.80. The molecule has 3 rings (SSSR count). The first kappa shape index (κ1) is 26.9. The third-order valence-corrected chi connectivity index (χ3v) is 6.00. The lowest BCUT2D eigenvalue weighted by molar-refractivity contribution is -0.139. The van der Waals surface area contributed by atoms with E-state index in [2.05, 4.69) is 6.07 Å². The van der Waals surface area contributed by atoms with Crippen LogP contribution in [0.4, 0.5) is 5.69 Å². The Labute approximate surface area is 218 Å². The van der Waals surface area contributed by atoms with Gasteiger partial charge in [0.1, 0.15) is 23.9 Å². The summed E-state index contributed by atoms with van der Waals surface area (Å²) in [6, 6.07) is 13.6. The Hall–Kier alpha value is -3.71. The number of carbonyl (C=O) groups is 2. The number of carbonyl (C=O) groups excluding carboxylic acids is 2. The van der Waals surface area contributed by atoms with E-state index in [4.69, 9.17) is 47.9 Å². The molecule has 188 valence electrons. The van der Waals surface area contributed by atoms with E-state index in [0.717, 1.165) is 7.11 Å². The quantitative estimate of drug-likeness (QED) is 0.398. The molecule has 0 radical (unpaired) electrons. The van der Waals surface area contributed by atoms with Crippen molar-refractivity contribution >= 4 is 40.8 Å². The van der Waals surface area contributed by atoms with Crippen LogP contribution in [-0.4, -0.2) is 46.5 Å². The smallest absolute Gasteiger partial charge is 0.355 e. The van der Waals surface area contributed by atoms with Gasteiger partial charge in [-0.2, -0.15) is 5.26 Å². The number of methoxy groups -OCH3 is 3. The molecule has 1 atom stereocenters. The molecule has 0 saturated heterocycles. The number of allylic oxidation sites excluding steroid dienone is 1. The van der Waals surface area contributed by atoms with Gasteiger partial charge in [-0.1, -0.05) is 53.5 Å². The molecule has 36 heavy (non-hydrogen) atoms. The van der Waals surface area contributed by atoms with Gasteiger partial charge in [0.15, 0.2) is 0 Å². The fraction of sp³-hybridized carbons (Fsp3) is 0.240. The number of benzene rings is 2. The Morgan fingerprint density at radius 3 is 2.28 bits per heavy atom. The predicted molar refractivity (Wildman–Crippen MR) is 133 cm³/mol. The third-order valence-electron chi connectivity index (χ3n) is 5.40. The maximum Gasteiger partial charge on any atom is 0.355 e. The summed E-state index contributed by atoms with van der Waals surface area (Å²) in [5.74, 6) is -2.67. The first-order valence-electron chi connectivity index (χ1n) is 10.6. The fourth-order valence-corrected chi connectivity index (χ4v) is 4.32. The monoisotopic (exact) mass is 531 g/mol. The van der Waals surface area contributed by atoms with Gasteiger partial charge in [0, 0.05) is 13.2 Å². The molecule has 1 aliphatic heterocycles. The second kappa shape index (κ2) is 11.8. The zero-order valence-corrected chi connectivity index (χ0v) is 21.2. The molecule has 11 heteroatoms. The van der Waals surface area contributed by atoms with Gasteiger partial charge in [-0.3, -0.25) is 4.90 Å². The van der Waals surface area contributed by atoms with Crippen LogP contribution in [0.2, 0.25) is 10.0 Å². The average molecular weight is 532 g/mol. The van der Waals surface area contributed by atoms with Gasteiger partial charge in [-0.15, -0.1) is 0 Å². The van der Waals surface area contributed by atoms with E-state index in [-0.39, 0.29) is 57.4 Å². The molecule has 1 unspecified atom stereocenters. The third kappa shape index (κ3) is 5.11. The summed E-state index contributed by atoms with van der Waals surface area (Å²) in [7, 11) is 3.84. The average Bonchev–Trinajstić information content (AvgIpc) is 2.89. The molecule has 1 heterocycles. The number of esters is 2. The molecule has 1 aliphatic rings.